The third-order valence-electron chi connectivity index (χ3n) is 4.37. The molecular weight excluding hydrogens is 388 g/mol. The highest BCUT2D eigenvalue weighted by atomic mass is 32.2. The van der Waals surface area contributed by atoms with Crippen molar-refractivity contribution >= 4 is 21.6 Å². The molecule has 1 amide bonds. The largest absolute Gasteiger partial charge is 0.497 e. The Hall–Kier alpha value is -3.32. The second kappa shape index (κ2) is 8.79. The van der Waals surface area contributed by atoms with Gasteiger partial charge >= 0.3 is 0 Å². The van der Waals surface area contributed by atoms with E-state index in [2.05, 4.69) is 10.0 Å². The molecule has 2 N–H and O–H groups in total. The van der Waals surface area contributed by atoms with Crippen molar-refractivity contribution in [1.29, 1.82) is 0 Å². The second-order valence-corrected chi connectivity index (χ2v) is 8.16. The Morgan fingerprint density at radius 3 is 2.41 bits per heavy atom. The minimum absolute atomic E-state index is 0.180. The van der Waals surface area contributed by atoms with Gasteiger partial charge < -0.3 is 10.1 Å². The molecule has 7 heteroatoms. The maximum Gasteiger partial charge on any atom is 0.261 e. The molecule has 0 bridgehead atoms. The summed E-state index contributed by atoms with van der Waals surface area (Å²) in [4.78, 5) is 12.6. The molecule has 0 saturated heterocycles. The maximum atomic E-state index is 12.5. The van der Waals surface area contributed by atoms with Gasteiger partial charge in [0.2, 0.25) is 0 Å². The Morgan fingerprint density at radius 2 is 1.72 bits per heavy atom. The molecule has 3 rings (SSSR count). The van der Waals surface area contributed by atoms with Gasteiger partial charge in [-0.15, -0.1) is 0 Å². The van der Waals surface area contributed by atoms with Crippen LogP contribution in [0.25, 0.3) is 0 Å². The van der Waals surface area contributed by atoms with Crippen molar-refractivity contribution in [2.75, 3.05) is 11.8 Å². The molecule has 3 aromatic carbocycles. The average molecular weight is 410 g/mol. The Labute approximate surface area is 170 Å². The zero-order chi connectivity index (χ0) is 20.9. The van der Waals surface area contributed by atoms with E-state index in [-0.39, 0.29) is 10.8 Å². The number of hydrogen-bond acceptors (Lipinski definition) is 4. The first-order valence-corrected chi connectivity index (χ1v) is 10.5. The summed E-state index contributed by atoms with van der Waals surface area (Å²) in [6.07, 6.45) is 0. The van der Waals surface area contributed by atoms with Gasteiger partial charge in [0.1, 0.15) is 5.75 Å². The van der Waals surface area contributed by atoms with E-state index in [0.717, 1.165) is 11.3 Å². The molecule has 0 aliphatic heterocycles. The van der Waals surface area contributed by atoms with Gasteiger partial charge in [-0.2, -0.15) is 0 Å². The number of carbonyl (C=O) groups is 1. The first-order valence-electron chi connectivity index (χ1n) is 8.99. The Kier molecular flexibility index (Phi) is 6.19. The standard InChI is InChI=1S/C22H22N2O4S/c1-16-13-18(22(25)23-15-17-7-6-8-19(14-17)28-2)11-12-21(16)24-29(26,27)20-9-4-3-5-10-20/h3-14,24H,15H2,1-2H3,(H,23,25). The molecule has 6 nitrogen and oxygen atoms in total. The fourth-order valence-electron chi connectivity index (χ4n) is 2.79. The molecule has 3 aromatic rings. The second-order valence-electron chi connectivity index (χ2n) is 6.48. The molecule has 0 unspecified atom stereocenters. The minimum Gasteiger partial charge on any atom is -0.497 e. The highest BCUT2D eigenvalue weighted by Gasteiger charge is 2.15. The monoisotopic (exact) mass is 410 g/mol. The molecule has 0 aliphatic rings. The zero-order valence-electron chi connectivity index (χ0n) is 16.2. The fraction of sp³-hybridized carbons (Fsp3) is 0.136. The summed E-state index contributed by atoms with van der Waals surface area (Å²) in [5.41, 5.74) is 2.45. The van der Waals surface area contributed by atoms with Gasteiger partial charge in [-0.25, -0.2) is 8.42 Å². The van der Waals surface area contributed by atoms with Crippen LogP contribution in [0.3, 0.4) is 0 Å². The van der Waals surface area contributed by atoms with Crippen molar-refractivity contribution in [3.05, 3.63) is 89.5 Å². The lowest BCUT2D eigenvalue weighted by molar-refractivity contribution is 0.0951. The van der Waals surface area contributed by atoms with Crippen LogP contribution in [0.4, 0.5) is 5.69 Å². The number of anilines is 1. The summed E-state index contributed by atoms with van der Waals surface area (Å²) in [6.45, 7) is 2.11. The topological polar surface area (TPSA) is 84.5 Å². The van der Waals surface area contributed by atoms with Gasteiger partial charge in [0.05, 0.1) is 17.7 Å². The van der Waals surface area contributed by atoms with Gasteiger partial charge in [-0.3, -0.25) is 9.52 Å². The van der Waals surface area contributed by atoms with Crippen molar-refractivity contribution in [2.24, 2.45) is 0 Å². The molecule has 0 radical (unpaired) electrons. The van der Waals surface area contributed by atoms with Crippen LogP contribution in [-0.2, 0) is 16.6 Å². The van der Waals surface area contributed by atoms with Gasteiger partial charge in [0.25, 0.3) is 15.9 Å². The van der Waals surface area contributed by atoms with Crippen LogP contribution in [0.1, 0.15) is 21.5 Å². The molecule has 0 atom stereocenters. The Morgan fingerprint density at radius 1 is 0.966 bits per heavy atom. The van der Waals surface area contributed by atoms with Crippen LogP contribution < -0.4 is 14.8 Å². The lowest BCUT2D eigenvalue weighted by atomic mass is 10.1. The van der Waals surface area contributed by atoms with Gasteiger partial charge in [0.15, 0.2) is 0 Å². The number of methoxy groups -OCH3 is 1. The average Bonchev–Trinajstić information content (AvgIpc) is 2.74. The molecule has 0 spiro atoms. The van der Waals surface area contributed by atoms with Crippen LogP contribution >= 0.6 is 0 Å². The summed E-state index contributed by atoms with van der Waals surface area (Å²) in [5.74, 6) is 0.482. The van der Waals surface area contributed by atoms with Crippen LogP contribution in [0, 0.1) is 6.92 Å². The maximum absolute atomic E-state index is 12.5. The molecule has 0 aromatic heterocycles. The van der Waals surface area contributed by atoms with Gasteiger partial charge in [-0.05, 0) is 60.5 Å². The van der Waals surface area contributed by atoms with Crippen molar-refractivity contribution in [3.63, 3.8) is 0 Å². The molecule has 0 saturated carbocycles. The first kappa shape index (κ1) is 20.4. The first-order chi connectivity index (χ1) is 13.9. The minimum atomic E-state index is -3.68. The number of carbonyl (C=O) groups excluding carboxylic acids is 1. The lowest BCUT2D eigenvalue weighted by Crippen LogP contribution is -2.23. The predicted octanol–water partition coefficient (Wildman–Crippen LogP) is 3.73. The number of aryl methyl sites for hydroxylation is 1. The predicted molar refractivity (Wildman–Crippen MR) is 113 cm³/mol. The van der Waals surface area contributed by atoms with Crippen molar-refractivity contribution < 1.29 is 17.9 Å². The summed E-state index contributed by atoms with van der Waals surface area (Å²) in [5, 5.41) is 2.85. The fourth-order valence-corrected chi connectivity index (χ4v) is 3.94. The highest BCUT2D eigenvalue weighted by molar-refractivity contribution is 7.92. The molecule has 0 heterocycles. The molecule has 0 fully saturated rings. The van der Waals surface area contributed by atoms with Crippen molar-refractivity contribution in [1.82, 2.24) is 5.32 Å². The van der Waals surface area contributed by atoms with Gasteiger partial charge in [0, 0.05) is 12.1 Å². The smallest absolute Gasteiger partial charge is 0.261 e. The SMILES string of the molecule is COc1cccc(CNC(=O)c2ccc(NS(=O)(=O)c3ccccc3)c(C)c2)c1. The van der Waals surface area contributed by atoms with E-state index in [1.807, 2.05) is 24.3 Å². The number of amides is 1. The number of hydrogen-bond donors (Lipinski definition) is 2. The summed E-state index contributed by atoms with van der Waals surface area (Å²) in [7, 11) is -2.09. The number of benzene rings is 3. The van der Waals surface area contributed by atoms with E-state index in [0.29, 0.717) is 23.4 Å². The third-order valence-corrected chi connectivity index (χ3v) is 5.76. The molecule has 0 aliphatic carbocycles. The molecular formula is C22H22N2O4S. The highest BCUT2D eigenvalue weighted by Crippen LogP contribution is 2.21. The number of ether oxygens (including phenoxy) is 1. The van der Waals surface area contributed by atoms with Crippen molar-refractivity contribution in [2.45, 2.75) is 18.4 Å². The third kappa shape index (κ3) is 5.14. The Balaban J connectivity index is 1.69. The van der Waals surface area contributed by atoms with Crippen molar-refractivity contribution in [3.8, 4) is 5.75 Å². The van der Waals surface area contributed by atoms with Gasteiger partial charge in [-0.1, -0.05) is 30.3 Å². The van der Waals surface area contributed by atoms with Crippen LogP contribution in [0.15, 0.2) is 77.7 Å². The zero-order valence-corrected chi connectivity index (χ0v) is 17.0. The van der Waals surface area contributed by atoms with E-state index in [1.54, 1.807) is 50.4 Å². The quantitative estimate of drug-likeness (QED) is 0.622. The van der Waals surface area contributed by atoms with E-state index in [4.69, 9.17) is 4.74 Å². The number of nitrogens with one attached hydrogen (secondary N) is 2. The number of rotatable bonds is 7. The van der Waals surface area contributed by atoms with E-state index in [1.165, 1.54) is 12.1 Å². The van der Waals surface area contributed by atoms with E-state index >= 15 is 0 Å². The molecule has 150 valence electrons. The van der Waals surface area contributed by atoms with E-state index < -0.39 is 10.0 Å². The van der Waals surface area contributed by atoms with Crippen LogP contribution in [0.2, 0.25) is 0 Å². The summed E-state index contributed by atoms with van der Waals surface area (Å²) >= 11 is 0. The number of sulfonamides is 1. The summed E-state index contributed by atoms with van der Waals surface area (Å²) in [6, 6.07) is 20.4. The molecule has 29 heavy (non-hydrogen) atoms. The normalized spacial score (nSPS) is 11.0. The summed E-state index contributed by atoms with van der Waals surface area (Å²) < 4.78 is 32.7. The van der Waals surface area contributed by atoms with Crippen LogP contribution in [0.5, 0.6) is 5.75 Å². The Bertz CT molecular complexity index is 1110. The van der Waals surface area contributed by atoms with Crippen LogP contribution in [-0.4, -0.2) is 21.4 Å². The lowest BCUT2D eigenvalue weighted by Gasteiger charge is -2.12. The van der Waals surface area contributed by atoms with E-state index in [9.17, 15) is 13.2 Å².